The highest BCUT2D eigenvalue weighted by molar-refractivity contribution is 6.34. The van der Waals surface area contributed by atoms with Crippen LogP contribution in [0.2, 0.25) is 10.0 Å². The lowest BCUT2D eigenvalue weighted by molar-refractivity contribution is -0.152. The first-order valence-electron chi connectivity index (χ1n) is 7.46. The molecule has 0 aromatic heterocycles. The summed E-state index contributed by atoms with van der Waals surface area (Å²) in [6.45, 7) is 0.537. The third-order valence-electron chi connectivity index (χ3n) is 4.49. The van der Waals surface area contributed by atoms with Crippen LogP contribution in [-0.2, 0) is 9.59 Å². The fraction of sp³-hybridized carbons (Fsp3) is 0.500. The van der Waals surface area contributed by atoms with Crippen LogP contribution in [0.5, 0.6) is 0 Å². The first-order valence-corrected chi connectivity index (χ1v) is 8.22. The van der Waals surface area contributed by atoms with E-state index >= 15 is 0 Å². The average Bonchev–Trinajstić information content (AvgIpc) is 3.26. The molecule has 1 aliphatic heterocycles. The molecule has 1 aromatic carbocycles. The maximum absolute atomic E-state index is 12.6. The van der Waals surface area contributed by atoms with Crippen LogP contribution in [0, 0.1) is 5.92 Å². The van der Waals surface area contributed by atoms with Crippen molar-refractivity contribution in [2.24, 2.45) is 5.92 Å². The van der Waals surface area contributed by atoms with Gasteiger partial charge in [0, 0.05) is 22.5 Å². The van der Waals surface area contributed by atoms with Crippen LogP contribution in [0.4, 0.5) is 0 Å². The number of nitrogens with zero attached hydrogens (tertiary/aromatic N) is 1. The summed E-state index contributed by atoms with van der Waals surface area (Å²) in [5.74, 6) is -1.00. The van der Waals surface area contributed by atoms with E-state index in [0.29, 0.717) is 23.0 Å². The van der Waals surface area contributed by atoms with Crippen LogP contribution in [0.25, 0.3) is 0 Å². The Morgan fingerprint density at radius 1 is 1.14 bits per heavy atom. The van der Waals surface area contributed by atoms with Gasteiger partial charge in [-0.25, -0.2) is 4.79 Å². The minimum atomic E-state index is -0.906. The van der Waals surface area contributed by atoms with Crippen molar-refractivity contribution in [3.8, 4) is 0 Å². The molecular weight excluding hydrogens is 325 g/mol. The molecule has 1 heterocycles. The van der Waals surface area contributed by atoms with Gasteiger partial charge in [0.1, 0.15) is 6.04 Å². The minimum absolute atomic E-state index is 0.0480. The zero-order valence-electron chi connectivity index (χ0n) is 12.0. The standard InChI is InChI=1S/C16H17Cl2NO3/c17-10-5-9(6-11(18)7-10)12-8-13(12)15(20)19-4-2-1-3-14(19)16(21)22/h5-7,12-14H,1-4,8H2,(H,21,22)/t12?,13?,14-/m1/s1. The number of carbonyl (C=O) groups excluding carboxylic acids is 1. The smallest absolute Gasteiger partial charge is 0.326 e. The molecule has 3 rings (SSSR count). The van der Waals surface area contributed by atoms with E-state index in [1.165, 1.54) is 0 Å². The van der Waals surface area contributed by atoms with Crippen molar-refractivity contribution in [2.75, 3.05) is 6.54 Å². The van der Waals surface area contributed by atoms with Gasteiger partial charge in [-0.1, -0.05) is 23.2 Å². The Kier molecular flexibility index (Phi) is 4.33. The van der Waals surface area contributed by atoms with Crippen molar-refractivity contribution in [1.82, 2.24) is 4.90 Å². The number of rotatable bonds is 3. The minimum Gasteiger partial charge on any atom is -0.480 e. The van der Waals surface area contributed by atoms with Crippen LogP contribution < -0.4 is 0 Å². The van der Waals surface area contributed by atoms with Crippen molar-refractivity contribution in [3.05, 3.63) is 33.8 Å². The Morgan fingerprint density at radius 3 is 2.45 bits per heavy atom. The zero-order chi connectivity index (χ0) is 15.9. The van der Waals surface area contributed by atoms with Gasteiger partial charge in [-0.05, 0) is 55.4 Å². The lowest BCUT2D eigenvalue weighted by Gasteiger charge is -2.33. The average molecular weight is 342 g/mol. The highest BCUT2D eigenvalue weighted by Crippen LogP contribution is 2.50. The summed E-state index contributed by atoms with van der Waals surface area (Å²) in [6, 6.07) is 4.65. The number of halogens is 2. The lowest BCUT2D eigenvalue weighted by atomic mass is 10.0. The third-order valence-corrected chi connectivity index (χ3v) is 4.93. The number of hydrogen-bond acceptors (Lipinski definition) is 2. The predicted molar refractivity (Wildman–Crippen MR) is 84.3 cm³/mol. The van der Waals surface area contributed by atoms with Gasteiger partial charge in [0.25, 0.3) is 0 Å². The number of amides is 1. The van der Waals surface area contributed by atoms with Gasteiger partial charge in [0.15, 0.2) is 0 Å². The van der Waals surface area contributed by atoms with Crippen LogP contribution >= 0.6 is 23.2 Å². The van der Waals surface area contributed by atoms with E-state index < -0.39 is 12.0 Å². The number of benzene rings is 1. The van der Waals surface area contributed by atoms with E-state index in [9.17, 15) is 14.7 Å². The summed E-state index contributed by atoms with van der Waals surface area (Å²) < 4.78 is 0. The molecule has 0 radical (unpaired) electrons. The van der Waals surface area contributed by atoms with Crippen LogP contribution in [0.3, 0.4) is 0 Å². The molecule has 1 aromatic rings. The number of carbonyl (C=O) groups is 2. The van der Waals surface area contributed by atoms with E-state index in [1.54, 1.807) is 11.0 Å². The summed E-state index contributed by atoms with van der Waals surface area (Å²) in [5, 5.41) is 10.4. The SMILES string of the molecule is O=C(O)[C@H]1CCCCN1C(=O)C1CC1c1cc(Cl)cc(Cl)c1. The van der Waals surface area contributed by atoms with Crippen molar-refractivity contribution < 1.29 is 14.7 Å². The predicted octanol–water partition coefficient (Wildman–Crippen LogP) is 3.56. The summed E-state index contributed by atoms with van der Waals surface area (Å²) in [6.07, 6.45) is 3.01. The fourth-order valence-corrected chi connectivity index (χ4v) is 3.83. The molecule has 2 fully saturated rings. The van der Waals surface area contributed by atoms with Gasteiger partial charge >= 0.3 is 5.97 Å². The van der Waals surface area contributed by atoms with Crippen molar-refractivity contribution in [1.29, 1.82) is 0 Å². The number of piperidine rings is 1. The molecule has 1 N–H and O–H groups in total. The molecule has 1 amide bonds. The normalized spacial score (nSPS) is 27.5. The van der Waals surface area contributed by atoms with Gasteiger partial charge in [0.05, 0.1) is 0 Å². The summed E-state index contributed by atoms with van der Waals surface area (Å²) in [5.41, 5.74) is 0.958. The van der Waals surface area contributed by atoms with E-state index in [1.807, 2.05) is 12.1 Å². The number of carboxylic acid groups (broad SMARTS) is 1. The molecule has 6 heteroatoms. The topological polar surface area (TPSA) is 57.6 Å². The molecule has 2 unspecified atom stereocenters. The zero-order valence-corrected chi connectivity index (χ0v) is 13.5. The molecule has 1 saturated heterocycles. The van der Waals surface area contributed by atoms with E-state index in [4.69, 9.17) is 23.2 Å². The van der Waals surface area contributed by atoms with Crippen molar-refractivity contribution in [2.45, 2.75) is 37.6 Å². The molecule has 4 nitrogen and oxygen atoms in total. The number of likely N-dealkylation sites (tertiary alicyclic amines) is 1. The third kappa shape index (κ3) is 3.08. The molecular formula is C16H17Cl2NO3. The second-order valence-electron chi connectivity index (χ2n) is 6.03. The van der Waals surface area contributed by atoms with Gasteiger partial charge in [-0.15, -0.1) is 0 Å². The number of carboxylic acids is 1. The molecule has 22 heavy (non-hydrogen) atoms. The maximum atomic E-state index is 12.6. The Hall–Kier alpha value is -1.26. The monoisotopic (exact) mass is 341 g/mol. The second kappa shape index (κ2) is 6.09. The van der Waals surface area contributed by atoms with Gasteiger partial charge in [0.2, 0.25) is 5.91 Å². The van der Waals surface area contributed by atoms with Gasteiger partial charge in [-0.3, -0.25) is 4.79 Å². The van der Waals surface area contributed by atoms with E-state index in [0.717, 1.165) is 24.8 Å². The quantitative estimate of drug-likeness (QED) is 0.914. The van der Waals surface area contributed by atoms with Crippen LogP contribution in [0.15, 0.2) is 18.2 Å². The molecule has 1 aliphatic carbocycles. The first-order chi connectivity index (χ1) is 10.5. The lowest BCUT2D eigenvalue weighted by Crippen LogP contribution is -2.48. The highest BCUT2D eigenvalue weighted by Gasteiger charge is 2.48. The van der Waals surface area contributed by atoms with Crippen LogP contribution in [-0.4, -0.2) is 34.5 Å². The molecule has 2 aliphatic rings. The molecule has 118 valence electrons. The second-order valence-corrected chi connectivity index (χ2v) is 6.91. The van der Waals surface area contributed by atoms with Crippen molar-refractivity contribution in [3.63, 3.8) is 0 Å². The first kappa shape index (κ1) is 15.6. The van der Waals surface area contributed by atoms with Gasteiger partial charge < -0.3 is 10.0 Å². The van der Waals surface area contributed by atoms with E-state index in [2.05, 4.69) is 0 Å². The van der Waals surface area contributed by atoms with E-state index in [-0.39, 0.29) is 17.7 Å². The Balaban J connectivity index is 1.73. The fourth-order valence-electron chi connectivity index (χ4n) is 3.29. The Bertz CT molecular complexity index is 599. The van der Waals surface area contributed by atoms with Crippen molar-refractivity contribution >= 4 is 35.1 Å². The van der Waals surface area contributed by atoms with Gasteiger partial charge in [-0.2, -0.15) is 0 Å². The summed E-state index contributed by atoms with van der Waals surface area (Å²) in [7, 11) is 0. The molecule has 3 atom stereocenters. The summed E-state index contributed by atoms with van der Waals surface area (Å²) >= 11 is 12.0. The van der Waals surface area contributed by atoms with Crippen LogP contribution in [0.1, 0.15) is 37.2 Å². The molecule has 0 spiro atoms. The Morgan fingerprint density at radius 2 is 1.82 bits per heavy atom. The number of aliphatic carboxylic acids is 1. The summed E-state index contributed by atoms with van der Waals surface area (Å²) in [4.78, 5) is 25.5. The Labute approximate surface area is 139 Å². The molecule has 1 saturated carbocycles. The maximum Gasteiger partial charge on any atom is 0.326 e. The molecule has 0 bridgehead atoms. The largest absolute Gasteiger partial charge is 0.480 e. The highest BCUT2D eigenvalue weighted by atomic mass is 35.5. The number of hydrogen-bond donors (Lipinski definition) is 1.